The predicted octanol–water partition coefficient (Wildman–Crippen LogP) is 6.48. The first-order chi connectivity index (χ1) is 10.1. The van der Waals surface area contributed by atoms with Gasteiger partial charge in [-0.3, -0.25) is 0 Å². The molecule has 0 N–H and O–H groups in total. The summed E-state index contributed by atoms with van der Waals surface area (Å²) in [5, 5.41) is 0.288. The van der Waals surface area contributed by atoms with E-state index in [-0.39, 0.29) is 5.04 Å². The molecule has 0 radical (unpaired) electrons. The molecule has 0 unspecified atom stereocenters. The van der Waals surface area contributed by atoms with Crippen LogP contribution >= 0.6 is 0 Å². The Bertz CT molecular complexity index is 439. The third-order valence-electron chi connectivity index (χ3n) is 4.53. The fourth-order valence-corrected chi connectivity index (χ4v) is 2.68. The van der Waals surface area contributed by atoms with Crippen molar-refractivity contribution < 1.29 is 4.43 Å². The van der Waals surface area contributed by atoms with E-state index in [9.17, 15) is 0 Å². The van der Waals surface area contributed by atoms with Gasteiger partial charge in [-0.1, -0.05) is 44.1 Å². The normalized spacial score (nSPS) is 13.8. The Labute approximate surface area is 140 Å². The molecule has 0 atom stereocenters. The molecule has 0 aromatic carbocycles. The number of hydrogen-bond donors (Lipinski definition) is 0. The lowest BCUT2D eigenvalue weighted by Crippen LogP contribution is -2.40. The lowest BCUT2D eigenvalue weighted by atomic mass is 10.1. The van der Waals surface area contributed by atoms with E-state index >= 15 is 0 Å². The second-order valence-electron chi connectivity index (χ2n) is 7.64. The minimum absolute atomic E-state index is 0.288. The Balaban J connectivity index is 4.14. The number of hydrogen-bond acceptors (Lipinski definition) is 1. The maximum atomic E-state index is 6.19. The molecule has 1 nitrogen and oxygen atoms in total. The molecule has 0 saturated carbocycles. The molecule has 0 saturated heterocycles. The van der Waals surface area contributed by atoms with Crippen LogP contribution in [0.4, 0.5) is 0 Å². The highest BCUT2D eigenvalue weighted by Crippen LogP contribution is 2.36. The summed E-state index contributed by atoms with van der Waals surface area (Å²) in [4.78, 5) is 0. The van der Waals surface area contributed by atoms with Gasteiger partial charge in [-0.25, -0.2) is 0 Å². The van der Waals surface area contributed by atoms with Crippen molar-refractivity contribution in [3.63, 3.8) is 0 Å². The molecule has 0 bridgehead atoms. The maximum Gasteiger partial charge on any atom is 0.192 e. The topological polar surface area (TPSA) is 9.23 Å². The zero-order valence-electron chi connectivity index (χ0n) is 16.1. The first-order valence-electron chi connectivity index (χ1n) is 8.45. The van der Waals surface area contributed by atoms with Crippen LogP contribution in [0, 0.1) is 11.8 Å². The van der Waals surface area contributed by atoms with Gasteiger partial charge in [0.1, 0.15) is 0 Å². The van der Waals surface area contributed by atoms with Crippen LogP contribution in [0.5, 0.6) is 0 Å². The van der Waals surface area contributed by atoms with Gasteiger partial charge in [0.05, 0.1) is 6.61 Å². The molecule has 0 spiro atoms. The van der Waals surface area contributed by atoms with Crippen molar-refractivity contribution in [2.24, 2.45) is 0 Å². The van der Waals surface area contributed by atoms with Gasteiger partial charge in [0.15, 0.2) is 8.32 Å². The Hall–Kier alpha value is -0.783. The van der Waals surface area contributed by atoms with E-state index in [1.807, 2.05) is 6.92 Å². The Morgan fingerprint density at radius 3 is 2.18 bits per heavy atom. The Morgan fingerprint density at radius 1 is 1.05 bits per heavy atom. The average Bonchev–Trinajstić information content (AvgIpc) is 2.37. The van der Waals surface area contributed by atoms with Crippen molar-refractivity contribution in [3.05, 3.63) is 23.3 Å². The van der Waals surface area contributed by atoms with Crippen LogP contribution < -0.4 is 0 Å². The van der Waals surface area contributed by atoms with Gasteiger partial charge in [-0.15, -0.1) is 11.8 Å². The van der Waals surface area contributed by atoms with E-state index in [1.54, 1.807) is 0 Å². The molecule has 0 aliphatic heterocycles. The molecule has 0 fully saturated rings. The van der Waals surface area contributed by atoms with Crippen LogP contribution in [0.1, 0.15) is 67.2 Å². The highest BCUT2D eigenvalue weighted by atomic mass is 28.4. The Kier molecular flexibility index (Phi) is 9.72. The van der Waals surface area contributed by atoms with E-state index < -0.39 is 8.32 Å². The van der Waals surface area contributed by atoms with Crippen molar-refractivity contribution in [1.82, 2.24) is 0 Å². The van der Waals surface area contributed by atoms with Crippen molar-refractivity contribution in [1.29, 1.82) is 0 Å². The van der Waals surface area contributed by atoms with E-state index in [4.69, 9.17) is 4.43 Å². The fraction of sp³-hybridized carbons (Fsp3) is 0.700. The molecule has 0 aromatic rings. The van der Waals surface area contributed by atoms with Gasteiger partial charge >= 0.3 is 0 Å². The standard InChI is InChI=1S/C20H36OSi/c1-9-10-11-13-18(2)14-12-15-19(3)16-17-21-22(7,8)20(4,5)6/h14,16H,11-13,15,17H2,1-8H3/b18-14?,19-16+. The van der Waals surface area contributed by atoms with Crippen molar-refractivity contribution >= 4 is 8.32 Å². The largest absolute Gasteiger partial charge is 0.413 e. The summed E-state index contributed by atoms with van der Waals surface area (Å²) < 4.78 is 6.19. The lowest BCUT2D eigenvalue weighted by molar-refractivity contribution is 0.327. The van der Waals surface area contributed by atoms with Crippen LogP contribution in [-0.4, -0.2) is 14.9 Å². The number of rotatable bonds is 8. The molecule has 0 aliphatic rings. The van der Waals surface area contributed by atoms with Gasteiger partial charge in [-0.05, 0) is 58.2 Å². The lowest BCUT2D eigenvalue weighted by Gasteiger charge is -2.35. The molecule has 22 heavy (non-hydrogen) atoms. The summed E-state index contributed by atoms with van der Waals surface area (Å²) in [5.74, 6) is 6.06. The summed E-state index contributed by atoms with van der Waals surface area (Å²) in [7, 11) is -1.61. The summed E-state index contributed by atoms with van der Waals surface area (Å²) >= 11 is 0. The molecule has 0 amide bonds. The van der Waals surface area contributed by atoms with E-state index in [0.29, 0.717) is 0 Å². The van der Waals surface area contributed by atoms with Crippen LogP contribution in [0.3, 0.4) is 0 Å². The third-order valence-corrected chi connectivity index (χ3v) is 9.04. The molecule has 126 valence electrons. The summed E-state index contributed by atoms with van der Waals surface area (Å²) in [6.07, 6.45) is 8.92. The first-order valence-corrected chi connectivity index (χ1v) is 11.4. The van der Waals surface area contributed by atoms with Gasteiger partial charge in [0, 0.05) is 6.42 Å². The Morgan fingerprint density at radius 2 is 1.64 bits per heavy atom. The zero-order chi connectivity index (χ0) is 17.2. The third kappa shape index (κ3) is 9.28. The molecular weight excluding hydrogens is 284 g/mol. The summed E-state index contributed by atoms with van der Waals surface area (Å²) in [6.45, 7) is 18.5. The second kappa shape index (κ2) is 10.1. The first kappa shape index (κ1) is 21.2. The zero-order valence-corrected chi connectivity index (χ0v) is 17.1. The highest BCUT2D eigenvalue weighted by Gasteiger charge is 2.36. The fourth-order valence-electron chi connectivity index (χ4n) is 1.74. The summed E-state index contributed by atoms with van der Waals surface area (Å²) in [5.41, 5.74) is 2.88. The van der Waals surface area contributed by atoms with Gasteiger partial charge in [0.2, 0.25) is 0 Å². The van der Waals surface area contributed by atoms with Gasteiger partial charge < -0.3 is 4.43 Å². The average molecular weight is 321 g/mol. The SMILES string of the molecule is CC#CCCC(C)=CCC/C(C)=C/CO[Si](C)(C)C(C)(C)C. The minimum Gasteiger partial charge on any atom is -0.413 e. The summed E-state index contributed by atoms with van der Waals surface area (Å²) in [6, 6.07) is 0. The molecule has 0 rings (SSSR count). The van der Waals surface area contributed by atoms with Gasteiger partial charge in [0.25, 0.3) is 0 Å². The second-order valence-corrected chi connectivity index (χ2v) is 12.4. The molecule has 0 heterocycles. The van der Waals surface area contributed by atoms with Gasteiger partial charge in [-0.2, -0.15) is 0 Å². The highest BCUT2D eigenvalue weighted by molar-refractivity contribution is 6.74. The van der Waals surface area contributed by atoms with Crippen molar-refractivity contribution in [2.45, 2.75) is 85.4 Å². The van der Waals surface area contributed by atoms with Crippen molar-refractivity contribution in [2.75, 3.05) is 6.61 Å². The smallest absolute Gasteiger partial charge is 0.192 e. The molecule has 2 heteroatoms. The minimum atomic E-state index is -1.61. The maximum absolute atomic E-state index is 6.19. The van der Waals surface area contributed by atoms with Crippen molar-refractivity contribution in [3.8, 4) is 11.8 Å². The monoisotopic (exact) mass is 320 g/mol. The van der Waals surface area contributed by atoms with Crippen LogP contribution in [0.15, 0.2) is 23.3 Å². The molecule has 0 aromatic heterocycles. The van der Waals surface area contributed by atoms with E-state index in [2.05, 4.69) is 71.7 Å². The van der Waals surface area contributed by atoms with Crippen LogP contribution in [-0.2, 0) is 4.43 Å². The molecular formula is C20H36OSi. The van der Waals surface area contributed by atoms with E-state index in [0.717, 1.165) is 32.3 Å². The predicted molar refractivity (Wildman–Crippen MR) is 103 cm³/mol. The quantitative estimate of drug-likeness (QED) is 0.282. The van der Waals surface area contributed by atoms with E-state index in [1.165, 1.54) is 11.1 Å². The number of allylic oxidation sites excluding steroid dienone is 3. The van der Waals surface area contributed by atoms with Crippen LogP contribution in [0.2, 0.25) is 18.1 Å². The molecule has 0 aliphatic carbocycles. The van der Waals surface area contributed by atoms with Crippen LogP contribution in [0.25, 0.3) is 0 Å².